The molecule has 5 aliphatic rings. The zero-order chi connectivity index (χ0) is 26.8. The smallest absolute Gasteiger partial charge is 0.0302 e. The Hall–Kier alpha value is -0.700. The van der Waals surface area contributed by atoms with E-state index < -0.39 is 0 Å². The second kappa shape index (κ2) is 20.3. The number of nitrogens with zero attached hydrogens (tertiary/aromatic N) is 7. The number of piperazine rings is 2. The molecule has 0 unspecified atom stereocenters. The zero-order valence-corrected chi connectivity index (χ0v) is 25.5. The third kappa shape index (κ3) is 17.7. The third-order valence-electron chi connectivity index (χ3n) is 7.76. The summed E-state index contributed by atoms with van der Waals surface area (Å²) in [6.45, 7) is 23.5. The van der Waals surface area contributed by atoms with Gasteiger partial charge in [0, 0.05) is 58.1 Å². The van der Waals surface area contributed by atoms with Crippen molar-refractivity contribution in [2.75, 3.05) is 134 Å². The standard InChI is InChI=1S/C8H16N2.C6H14N2.C6H13N.C5H11N.C4H9N/c1-8(2)10-6-4-9(3)5-7-10;1-7-3-5-8(2)6-4-7;1-7-5-3-2-4-6-7;1-6-4-2-3-5-6;1-5-3-2-4-5/h1,4-7H2,2-3H3;3-6H2,1-2H3;2-6H2,1H3;2-5H2,1H3;2-4H2,1H3. The third-order valence-corrected chi connectivity index (χ3v) is 7.76. The number of likely N-dealkylation sites (tertiary alicyclic amines) is 3. The summed E-state index contributed by atoms with van der Waals surface area (Å²) < 4.78 is 0. The van der Waals surface area contributed by atoms with E-state index in [9.17, 15) is 0 Å². The van der Waals surface area contributed by atoms with Crippen LogP contribution >= 0.6 is 0 Å². The molecule has 0 atom stereocenters. The molecule has 0 aromatic heterocycles. The quantitative estimate of drug-likeness (QED) is 0.535. The Balaban J connectivity index is 0.000000229. The van der Waals surface area contributed by atoms with Gasteiger partial charge in [-0.15, -0.1) is 0 Å². The highest BCUT2D eigenvalue weighted by atomic mass is 15.2. The number of hydrogen-bond acceptors (Lipinski definition) is 7. The molecule has 214 valence electrons. The minimum atomic E-state index is 1.14. The summed E-state index contributed by atoms with van der Waals surface area (Å²) >= 11 is 0. The van der Waals surface area contributed by atoms with Gasteiger partial charge in [-0.05, 0) is 121 Å². The van der Waals surface area contributed by atoms with Crippen LogP contribution in [0.3, 0.4) is 0 Å². The first kappa shape index (κ1) is 33.3. The number of piperidine rings is 1. The van der Waals surface area contributed by atoms with E-state index in [0.29, 0.717) is 0 Å². The van der Waals surface area contributed by atoms with Crippen LogP contribution in [0.25, 0.3) is 0 Å². The van der Waals surface area contributed by atoms with Crippen molar-refractivity contribution in [1.82, 2.24) is 34.3 Å². The summed E-state index contributed by atoms with van der Waals surface area (Å²) in [6, 6.07) is 0. The summed E-state index contributed by atoms with van der Waals surface area (Å²) in [5.41, 5.74) is 1.20. The zero-order valence-electron chi connectivity index (χ0n) is 25.5. The van der Waals surface area contributed by atoms with Gasteiger partial charge in [-0.3, -0.25) is 0 Å². The summed E-state index contributed by atoms with van der Waals surface area (Å²) in [6.07, 6.45) is 8.51. The van der Waals surface area contributed by atoms with Crippen molar-refractivity contribution >= 4 is 0 Å². The van der Waals surface area contributed by atoms with Gasteiger partial charge < -0.3 is 34.3 Å². The average Bonchev–Trinajstić information content (AvgIpc) is 3.33. The maximum Gasteiger partial charge on any atom is 0.0302 e. The van der Waals surface area contributed by atoms with Crippen LogP contribution in [0.4, 0.5) is 0 Å². The van der Waals surface area contributed by atoms with Crippen molar-refractivity contribution in [2.24, 2.45) is 0 Å². The highest BCUT2D eigenvalue weighted by Gasteiger charge is 2.12. The first-order valence-electron chi connectivity index (χ1n) is 14.7. The highest BCUT2D eigenvalue weighted by Crippen LogP contribution is 2.05. The van der Waals surface area contributed by atoms with Gasteiger partial charge in [-0.1, -0.05) is 13.0 Å². The topological polar surface area (TPSA) is 22.7 Å². The Bertz CT molecular complexity index is 502. The van der Waals surface area contributed by atoms with Crippen LogP contribution < -0.4 is 0 Å². The molecule has 7 nitrogen and oxygen atoms in total. The number of rotatable bonds is 1. The fourth-order valence-electron chi connectivity index (χ4n) is 4.50. The van der Waals surface area contributed by atoms with Crippen LogP contribution in [0.1, 0.15) is 45.4 Å². The van der Waals surface area contributed by atoms with Crippen molar-refractivity contribution in [3.8, 4) is 0 Å². The fourth-order valence-corrected chi connectivity index (χ4v) is 4.50. The van der Waals surface area contributed by atoms with E-state index in [1.807, 2.05) is 0 Å². The molecule has 5 fully saturated rings. The van der Waals surface area contributed by atoms with Crippen molar-refractivity contribution in [1.29, 1.82) is 0 Å². The first-order valence-corrected chi connectivity index (χ1v) is 14.7. The fraction of sp³-hybridized carbons (Fsp3) is 0.931. The molecule has 0 saturated carbocycles. The summed E-state index contributed by atoms with van der Waals surface area (Å²) in [4.78, 5) is 16.5. The molecule has 36 heavy (non-hydrogen) atoms. The van der Waals surface area contributed by atoms with Crippen molar-refractivity contribution < 1.29 is 0 Å². The molecule has 0 radical (unpaired) electrons. The van der Waals surface area contributed by atoms with Gasteiger partial charge in [0.05, 0.1) is 0 Å². The molecular weight excluding hydrogens is 446 g/mol. The molecule has 0 spiro atoms. The lowest BCUT2D eigenvalue weighted by atomic mass is 10.1. The van der Waals surface area contributed by atoms with Crippen LogP contribution in [0.15, 0.2) is 12.3 Å². The van der Waals surface area contributed by atoms with Crippen molar-refractivity contribution in [3.63, 3.8) is 0 Å². The van der Waals surface area contributed by atoms with Gasteiger partial charge in [-0.2, -0.15) is 0 Å². The van der Waals surface area contributed by atoms with Crippen molar-refractivity contribution in [3.05, 3.63) is 12.3 Å². The molecule has 0 amide bonds. The van der Waals surface area contributed by atoms with Gasteiger partial charge in [0.1, 0.15) is 0 Å². The highest BCUT2D eigenvalue weighted by molar-refractivity contribution is 4.90. The van der Waals surface area contributed by atoms with Crippen LogP contribution in [0, 0.1) is 0 Å². The van der Waals surface area contributed by atoms with Gasteiger partial charge in [0.2, 0.25) is 0 Å². The number of likely N-dealkylation sites (N-methyl/N-ethyl adjacent to an activating group) is 3. The van der Waals surface area contributed by atoms with E-state index in [1.165, 1.54) is 123 Å². The lowest BCUT2D eigenvalue weighted by Gasteiger charge is -2.33. The largest absolute Gasteiger partial charge is 0.373 e. The normalized spacial score (nSPS) is 24.5. The number of allylic oxidation sites excluding steroid dienone is 1. The Morgan fingerprint density at radius 1 is 0.361 bits per heavy atom. The lowest BCUT2D eigenvalue weighted by Crippen LogP contribution is -2.43. The molecule has 0 aliphatic carbocycles. The molecule has 0 aromatic rings. The molecule has 5 saturated heterocycles. The van der Waals surface area contributed by atoms with Crippen molar-refractivity contribution in [2.45, 2.75) is 45.4 Å². The molecule has 5 heterocycles. The molecule has 5 aliphatic heterocycles. The monoisotopic (exact) mass is 510 g/mol. The molecule has 0 aromatic carbocycles. The minimum Gasteiger partial charge on any atom is -0.373 e. The molecule has 5 rings (SSSR count). The predicted molar refractivity (Wildman–Crippen MR) is 159 cm³/mol. The SMILES string of the molecule is C=C(C)N1CCN(C)CC1.CN1CCC1.CN1CCCC1.CN1CCCCC1.CN1CCN(C)CC1. The lowest BCUT2D eigenvalue weighted by molar-refractivity contribution is 0.181. The Morgan fingerprint density at radius 3 is 0.806 bits per heavy atom. The summed E-state index contributed by atoms with van der Waals surface area (Å²) in [7, 11) is 13.0. The summed E-state index contributed by atoms with van der Waals surface area (Å²) in [5, 5.41) is 0. The Labute approximate surface area is 226 Å². The van der Waals surface area contributed by atoms with Crippen LogP contribution in [-0.2, 0) is 0 Å². The number of hydrogen-bond donors (Lipinski definition) is 0. The van der Waals surface area contributed by atoms with E-state index in [2.05, 4.69) is 90.1 Å². The summed E-state index contributed by atoms with van der Waals surface area (Å²) in [5.74, 6) is 0. The van der Waals surface area contributed by atoms with Gasteiger partial charge in [0.15, 0.2) is 0 Å². The van der Waals surface area contributed by atoms with Gasteiger partial charge in [0.25, 0.3) is 0 Å². The van der Waals surface area contributed by atoms with E-state index in [0.717, 1.165) is 13.1 Å². The van der Waals surface area contributed by atoms with E-state index in [-0.39, 0.29) is 0 Å². The molecule has 7 heteroatoms. The van der Waals surface area contributed by atoms with E-state index in [4.69, 9.17) is 0 Å². The van der Waals surface area contributed by atoms with E-state index >= 15 is 0 Å². The van der Waals surface area contributed by atoms with Crippen LogP contribution in [0.2, 0.25) is 0 Å². The van der Waals surface area contributed by atoms with Crippen LogP contribution in [-0.4, -0.2) is 168 Å². The van der Waals surface area contributed by atoms with Gasteiger partial charge >= 0.3 is 0 Å². The second-order valence-electron chi connectivity index (χ2n) is 11.7. The van der Waals surface area contributed by atoms with E-state index in [1.54, 1.807) is 0 Å². The second-order valence-corrected chi connectivity index (χ2v) is 11.7. The Kier molecular flexibility index (Phi) is 18.8. The molecule has 0 N–H and O–H groups in total. The average molecular weight is 510 g/mol. The Morgan fingerprint density at radius 2 is 0.611 bits per heavy atom. The molecular formula is C29H63N7. The maximum absolute atomic E-state index is 3.91. The maximum atomic E-state index is 3.91. The van der Waals surface area contributed by atoms with Crippen LogP contribution in [0.5, 0.6) is 0 Å². The first-order chi connectivity index (χ1) is 17.2. The predicted octanol–water partition coefficient (Wildman–Crippen LogP) is 2.77. The van der Waals surface area contributed by atoms with Gasteiger partial charge in [-0.25, -0.2) is 0 Å². The molecule has 0 bridgehead atoms. The minimum absolute atomic E-state index is 1.14.